The van der Waals surface area contributed by atoms with Crippen LogP contribution < -0.4 is 5.73 Å². The number of benzene rings is 1. The van der Waals surface area contributed by atoms with Gasteiger partial charge in [0.05, 0.1) is 10.6 Å². The maximum atomic E-state index is 14.0. The fourth-order valence-electron chi connectivity index (χ4n) is 2.08. The topological polar surface area (TPSA) is 99.9 Å². The van der Waals surface area contributed by atoms with Gasteiger partial charge < -0.3 is 5.73 Å². The Hall–Kier alpha value is -2.58. The molecular weight excluding hydrogens is 272 g/mol. The van der Waals surface area contributed by atoms with Crippen LogP contribution in [0.25, 0.3) is 5.69 Å². The summed E-state index contributed by atoms with van der Waals surface area (Å²) in [7, 11) is 0. The molecule has 20 heavy (non-hydrogen) atoms. The Morgan fingerprint density at radius 1 is 1.40 bits per heavy atom. The fourth-order valence-corrected chi connectivity index (χ4v) is 2.08. The summed E-state index contributed by atoms with van der Waals surface area (Å²) in [6, 6.07) is 1.59. The van der Waals surface area contributed by atoms with Crippen LogP contribution >= 0.6 is 0 Å². The number of nitro benzene ring substituents is 1. The highest BCUT2D eigenvalue weighted by Crippen LogP contribution is 2.43. The largest absolute Gasteiger partial charge is 0.381 e. The fraction of sp³-hybridized carbons (Fsp3) is 0.273. The lowest BCUT2D eigenvalue weighted by Gasteiger charge is -2.08. The summed E-state index contributed by atoms with van der Waals surface area (Å²) < 4.78 is 28.3. The van der Waals surface area contributed by atoms with Crippen molar-refractivity contribution < 1.29 is 13.7 Å². The van der Waals surface area contributed by atoms with Crippen molar-refractivity contribution in [1.82, 2.24) is 15.0 Å². The van der Waals surface area contributed by atoms with Gasteiger partial charge in [-0.15, -0.1) is 5.10 Å². The van der Waals surface area contributed by atoms with Crippen LogP contribution in [0.2, 0.25) is 0 Å². The normalized spacial score (nSPS) is 14.5. The summed E-state index contributed by atoms with van der Waals surface area (Å²) in [5, 5.41) is 18.2. The van der Waals surface area contributed by atoms with E-state index in [1.807, 2.05) is 0 Å². The molecule has 0 aliphatic heterocycles. The number of nitrogens with zero attached hydrogens (tertiary/aromatic N) is 4. The molecule has 1 fully saturated rings. The molecule has 0 unspecified atom stereocenters. The van der Waals surface area contributed by atoms with Gasteiger partial charge in [-0.25, -0.2) is 13.5 Å². The molecule has 1 heterocycles. The summed E-state index contributed by atoms with van der Waals surface area (Å²) in [5.41, 5.74) is 4.88. The van der Waals surface area contributed by atoms with E-state index in [9.17, 15) is 18.9 Å². The van der Waals surface area contributed by atoms with E-state index < -0.39 is 27.9 Å². The molecule has 0 spiro atoms. The van der Waals surface area contributed by atoms with Crippen LogP contribution in [-0.4, -0.2) is 19.9 Å². The second-order valence-electron chi connectivity index (χ2n) is 4.53. The van der Waals surface area contributed by atoms with Crippen LogP contribution in [0, 0.1) is 21.7 Å². The molecular formula is C11H9F2N5O2. The lowest BCUT2D eigenvalue weighted by molar-refractivity contribution is -0.384. The van der Waals surface area contributed by atoms with Crippen molar-refractivity contribution in [2.24, 2.45) is 0 Å². The smallest absolute Gasteiger partial charge is 0.298 e. The highest BCUT2D eigenvalue weighted by Gasteiger charge is 2.34. The minimum atomic E-state index is -1.34. The Morgan fingerprint density at radius 2 is 2.10 bits per heavy atom. The van der Waals surface area contributed by atoms with E-state index >= 15 is 0 Å². The zero-order valence-corrected chi connectivity index (χ0v) is 10.1. The molecule has 2 aromatic rings. The Balaban J connectivity index is 2.29. The van der Waals surface area contributed by atoms with Crippen LogP contribution in [0.5, 0.6) is 0 Å². The number of nitro groups is 1. The summed E-state index contributed by atoms with van der Waals surface area (Å²) in [6.45, 7) is 0. The van der Waals surface area contributed by atoms with Crippen molar-refractivity contribution in [2.45, 2.75) is 18.8 Å². The molecule has 0 saturated heterocycles. The van der Waals surface area contributed by atoms with Crippen LogP contribution in [-0.2, 0) is 0 Å². The molecule has 0 radical (unpaired) electrons. The maximum absolute atomic E-state index is 14.0. The minimum Gasteiger partial charge on any atom is -0.381 e. The summed E-state index contributed by atoms with van der Waals surface area (Å²) in [6.07, 6.45) is 1.62. The zero-order valence-electron chi connectivity index (χ0n) is 10.1. The van der Waals surface area contributed by atoms with E-state index in [0.29, 0.717) is 11.8 Å². The van der Waals surface area contributed by atoms with Gasteiger partial charge in [0, 0.05) is 12.0 Å². The van der Waals surface area contributed by atoms with Gasteiger partial charge in [0.25, 0.3) is 5.69 Å². The quantitative estimate of drug-likeness (QED) is 0.684. The summed E-state index contributed by atoms with van der Waals surface area (Å²) in [5.74, 6) is -2.44. The third-order valence-corrected chi connectivity index (χ3v) is 3.15. The molecule has 9 heteroatoms. The predicted octanol–water partition coefficient (Wildman–Crippen LogP) is 1.91. The number of nitrogens with two attached hydrogens (primary N) is 1. The number of aromatic nitrogens is 3. The van der Waals surface area contributed by atoms with Crippen LogP contribution in [0.4, 0.5) is 20.3 Å². The second kappa shape index (κ2) is 4.22. The highest BCUT2D eigenvalue weighted by atomic mass is 19.2. The van der Waals surface area contributed by atoms with Gasteiger partial charge in [-0.1, -0.05) is 5.21 Å². The first-order chi connectivity index (χ1) is 9.50. The number of hydrogen-bond acceptors (Lipinski definition) is 5. The standard InChI is InChI=1S/C11H9F2N5O2/c12-6-3-4-7(18(19)20)10(8(6)13)17-9(5-1-2-5)11(14)15-16-17/h3-5H,1-2,14H2. The first-order valence-corrected chi connectivity index (χ1v) is 5.84. The third-order valence-electron chi connectivity index (χ3n) is 3.15. The Morgan fingerprint density at radius 3 is 2.70 bits per heavy atom. The third kappa shape index (κ3) is 1.78. The van der Waals surface area contributed by atoms with E-state index in [0.717, 1.165) is 23.6 Å². The van der Waals surface area contributed by atoms with Crippen LogP contribution in [0.1, 0.15) is 24.5 Å². The number of halogens is 2. The molecule has 0 atom stereocenters. The summed E-state index contributed by atoms with van der Waals surface area (Å²) >= 11 is 0. The number of anilines is 1. The first kappa shape index (κ1) is 12.5. The molecule has 1 aromatic heterocycles. The average molecular weight is 281 g/mol. The van der Waals surface area contributed by atoms with Gasteiger partial charge in [0.1, 0.15) is 0 Å². The number of nitrogen functional groups attached to an aromatic ring is 1. The van der Waals surface area contributed by atoms with Crippen molar-refractivity contribution in [3.8, 4) is 5.69 Å². The van der Waals surface area contributed by atoms with E-state index in [2.05, 4.69) is 10.3 Å². The second-order valence-corrected chi connectivity index (χ2v) is 4.53. The Bertz CT molecular complexity index is 711. The Kier molecular flexibility index (Phi) is 2.63. The molecule has 2 N–H and O–H groups in total. The molecule has 1 saturated carbocycles. The monoisotopic (exact) mass is 281 g/mol. The summed E-state index contributed by atoms with van der Waals surface area (Å²) in [4.78, 5) is 10.2. The molecule has 7 nitrogen and oxygen atoms in total. The average Bonchev–Trinajstić information content (AvgIpc) is 3.16. The lowest BCUT2D eigenvalue weighted by atomic mass is 10.2. The van der Waals surface area contributed by atoms with E-state index in [1.54, 1.807) is 0 Å². The highest BCUT2D eigenvalue weighted by molar-refractivity contribution is 5.56. The maximum Gasteiger partial charge on any atom is 0.298 e. The molecule has 0 amide bonds. The van der Waals surface area contributed by atoms with Crippen molar-refractivity contribution in [1.29, 1.82) is 0 Å². The number of hydrogen-bond donors (Lipinski definition) is 1. The lowest BCUT2D eigenvalue weighted by Crippen LogP contribution is -2.09. The number of rotatable bonds is 3. The van der Waals surface area contributed by atoms with E-state index in [-0.39, 0.29) is 11.7 Å². The van der Waals surface area contributed by atoms with Crippen molar-refractivity contribution in [2.75, 3.05) is 5.73 Å². The van der Waals surface area contributed by atoms with Gasteiger partial charge in [-0.3, -0.25) is 10.1 Å². The molecule has 1 aliphatic carbocycles. The Labute approximate surface area is 111 Å². The van der Waals surface area contributed by atoms with Crippen molar-refractivity contribution in [3.05, 3.63) is 39.6 Å². The van der Waals surface area contributed by atoms with Gasteiger partial charge in [0.2, 0.25) is 0 Å². The van der Waals surface area contributed by atoms with Crippen LogP contribution in [0.3, 0.4) is 0 Å². The minimum absolute atomic E-state index is 0.0206. The zero-order chi connectivity index (χ0) is 14.4. The predicted molar refractivity (Wildman–Crippen MR) is 64.3 cm³/mol. The van der Waals surface area contributed by atoms with E-state index in [4.69, 9.17) is 5.73 Å². The van der Waals surface area contributed by atoms with Gasteiger partial charge >= 0.3 is 0 Å². The van der Waals surface area contributed by atoms with Crippen molar-refractivity contribution in [3.63, 3.8) is 0 Å². The van der Waals surface area contributed by atoms with Gasteiger partial charge in [-0.05, 0) is 18.9 Å². The van der Waals surface area contributed by atoms with E-state index in [1.165, 1.54) is 0 Å². The molecule has 0 bridgehead atoms. The molecule has 3 rings (SSSR count). The van der Waals surface area contributed by atoms with Gasteiger partial charge in [0.15, 0.2) is 23.1 Å². The van der Waals surface area contributed by atoms with Crippen molar-refractivity contribution >= 4 is 11.5 Å². The van der Waals surface area contributed by atoms with Gasteiger partial charge in [-0.2, -0.15) is 0 Å². The first-order valence-electron chi connectivity index (χ1n) is 5.84. The molecule has 1 aliphatic rings. The SMILES string of the molecule is Nc1nnn(-c2c([N+](=O)[O-])ccc(F)c2F)c1C1CC1. The molecule has 1 aromatic carbocycles. The molecule has 104 valence electrons. The van der Waals surface area contributed by atoms with Crippen LogP contribution in [0.15, 0.2) is 12.1 Å².